The number of halogens is 1. The maximum Gasteiger partial charge on any atom is 0.228 e. The Morgan fingerprint density at radius 1 is 1.71 bits per heavy atom. The standard InChI is InChI=1S/C10H18BrNO2/c1-7(5-11)12(3)10(13)9-4-8(2)14-6-9/h7-9H,4-6H2,1-3H3. The maximum atomic E-state index is 11.9. The van der Waals surface area contributed by atoms with Gasteiger partial charge in [-0.3, -0.25) is 4.79 Å². The van der Waals surface area contributed by atoms with Crippen molar-refractivity contribution in [3.8, 4) is 0 Å². The molecule has 14 heavy (non-hydrogen) atoms. The highest BCUT2D eigenvalue weighted by Crippen LogP contribution is 2.21. The van der Waals surface area contributed by atoms with Gasteiger partial charge in [-0.1, -0.05) is 15.9 Å². The van der Waals surface area contributed by atoms with Crippen molar-refractivity contribution in [2.75, 3.05) is 19.0 Å². The molecule has 3 atom stereocenters. The average Bonchev–Trinajstić information content (AvgIpc) is 2.61. The van der Waals surface area contributed by atoms with Crippen LogP contribution < -0.4 is 0 Å². The number of hydrogen-bond acceptors (Lipinski definition) is 2. The molecule has 0 aromatic heterocycles. The average molecular weight is 264 g/mol. The summed E-state index contributed by atoms with van der Waals surface area (Å²) in [6.07, 6.45) is 1.09. The largest absolute Gasteiger partial charge is 0.378 e. The van der Waals surface area contributed by atoms with E-state index in [1.807, 2.05) is 20.9 Å². The van der Waals surface area contributed by atoms with Gasteiger partial charge in [0.2, 0.25) is 5.91 Å². The van der Waals surface area contributed by atoms with Crippen molar-refractivity contribution in [3.63, 3.8) is 0 Å². The number of rotatable bonds is 3. The Bertz CT molecular complexity index is 206. The molecule has 3 unspecified atom stereocenters. The Labute approximate surface area is 93.9 Å². The van der Waals surface area contributed by atoms with Gasteiger partial charge in [-0.25, -0.2) is 0 Å². The van der Waals surface area contributed by atoms with Crippen molar-refractivity contribution in [1.82, 2.24) is 4.90 Å². The lowest BCUT2D eigenvalue weighted by atomic mass is 10.0. The van der Waals surface area contributed by atoms with Crippen LogP contribution in [0.2, 0.25) is 0 Å². The first-order chi connectivity index (χ1) is 6.56. The van der Waals surface area contributed by atoms with Crippen LogP contribution in [-0.4, -0.2) is 41.9 Å². The van der Waals surface area contributed by atoms with E-state index < -0.39 is 0 Å². The molecular formula is C10H18BrNO2. The number of amides is 1. The van der Waals surface area contributed by atoms with Crippen molar-refractivity contribution in [3.05, 3.63) is 0 Å². The van der Waals surface area contributed by atoms with Crippen LogP contribution >= 0.6 is 15.9 Å². The summed E-state index contributed by atoms with van der Waals surface area (Å²) in [7, 11) is 1.86. The van der Waals surface area contributed by atoms with E-state index in [9.17, 15) is 4.79 Å². The van der Waals surface area contributed by atoms with Gasteiger partial charge in [0.1, 0.15) is 0 Å². The third-order valence-corrected chi connectivity index (χ3v) is 3.72. The minimum absolute atomic E-state index is 0.0662. The van der Waals surface area contributed by atoms with Gasteiger partial charge in [0.15, 0.2) is 0 Å². The fourth-order valence-electron chi connectivity index (χ4n) is 1.60. The second kappa shape index (κ2) is 5.12. The molecule has 82 valence electrons. The Hall–Kier alpha value is -0.0900. The van der Waals surface area contributed by atoms with E-state index in [1.165, 1.54) is 0 Å². The summed E-state index contributed by atoms with van der Waals surface area (Å²) < 4.78 is 5.39. The van der Waals surface area contributed by atoms with Gasteiger partial charge in [-0.15, -0.1) is 0 Å². The molecule has 1 heterocycles. The third kappa shape index (κ3) is 2.70. The highest BCUT2D eigenvalue weighted by atomic mass is 79.9. The molecule has 0 aromatic carbocycles. The van der Waals surface area contributed by atoms with Crippen LogP contribution in [0.5, 0.6) is 0 Å². The summed E-state index contributed by atoms with van der Waals surface area (Å²) in [4.78, 5) is 13.7. The quantitative estimate of drug-likeness (QED) is 0.725. The Balaban J connectivity index is 2.48. The molecule has 0 bridgehead atoms. The van der Waals surface area contributed by atoms with Crippen molar-refractivity contribution >= 4 is 21.8 Å². The second-order valence-electron chi connectivity index (χ2n) is 4.03. The third-order valence-electron chi connectivity index (χ3n) is 2.78. The Kier molecular flexibility index (Phi) is 4.38. The molecule has 0 N–H and O–H groups in total. The van der Waals surface area contributed by atoms with E-state index in [0.29, 0.717) is 6.61 Å². The summed E-state index contributed by atoms with van der Waals surface area (Å²) in [6.45, 7) is 4.63. The van der Waals surface area contributed by atoms with Crippen molar-refractivity contribution in [1.29, 1.82) is 0 Å². The molecule has 0 aliphatic carbocycles. The number of carbonyl (C=O) groups is 1. The summed E-state index contributed by atoms with van der Waals surface area (Å²) in [5, 5.41) is 0.818. The zero-order valence-electron chi connectivity index (χ0n) is 9.00. The normalized spacial score (nSPS) is 28.9. The highest BCUT2D eigenvalue weighted by Gasteiger charge is 2.31. The van der Waals surface area contributed by atoms with E-state index in [-0.39, 0.29) is 24.0 Å². The molecule has 0 spiro atoms. The molecule has 1 aliphatic rings. The van der Waals surface area contributed by atoms with Crippen LogP contribution in [0.3, 0.4) is 0 Å². The molecule has 1 rings (SSSR count). The minimum Gasteiger partial charge on any atom is -0.378 e. The smallest absolute Gasteiger partial charge is 0.228 e. The summed E-state index contributed by atoms with van der Waals surface area (Å²) >= 11 is 3.38. The molecule has 3 nitrogen and oxygen atoms in total. The summed E-state index contributed by atoms with van der Waals surface area (Å²) in [5.41, 5.74) is 0. The SMILES string of the molecule is CC1CC(C(=O)N(C)C(C)CBr)CO1. The van der Waals surface area contributed by atoms with Gasteiger partial charge in [0.05, 0.1) is 18.6 Å². The topological polar surface area (TPSA) is 29.5 Å². The molecule has 0 saturated carbocycles. The van der Waals surface area contributed by atoms with Crippen LogP contribution in [-0.2, 0) is 9.53 Å². The number of nitrogens with zero attached hydrogens (tertiary/aromatic N) is 1. The Morgan fingerprint density at radius 3 is 2.79 bits per heavy atom. The molecule has 1 fully saturated rings. The van der Waals surface area contributed by atoms with Crippen LogP contribution in [0, 0.1) is 5.92 Å². The van der Waals surface area contributed by atoms with Crippen LogP contribution in [0.4, 0.5) is 0 Å². The van der Waals surface area contributed by atoms with Gasteiger partial charge in [0, 0.05) is 18.4 Å². The summed E-state index contributed by atoms with van der Waals surface area (Å²) in [6, 6.07) is 0.249. The lowest BCUT2D eigenvalue weighted by Gasteiger charge is -2.25. The van der Waals surface area contributed by atoms with Gasteiger partial charge in [-0.05, 0) is 20.3 Å². The van der Waals surface area contributed by atoms with Crippen molar-refractivity contribution in [2.24, 2.45) is 5.92 Å². The van der Waals surface area contributed by atoms with Gasteiger partial charge in [0.25, 0.3) is 0 Å². The van der Waals surface area contributed by atoms with Crippen LogP contribution in [0.25, 0.3) is 0 Å². The molecule has 1 aliphatic heterocycles. The Morgan fingerprint density at radius 2 is 2.36 bits per heavy atom. The minimum atomic E-state index is 0.0662. The number of alkyl halides is 1. The second-order valence-corrected chi connectivity index (χ2v) is 4.68. The molecule has 0 aromatic rings. The lowest BCUT2D eigenvalue weighted by molar-refractivity contribution is -0.135. The molecule has 0 radical (unpaired) electrons. The predicted molar refractivity (Wildman–Crippen MR) is 59.5 cm³/mol. The summed E-state index contributed by atoms with van der Waals surface area (Å²) in [5.74, 6) is 0.276. The van der Waals surface area contributed by atoms with E-state index in [1.54, 1.807) is 4.90 Å². The van der Waals surface area contributed by atoms with E-state index in [4.69, 9.17) is 4.74 Å². The highest BCUT2D eigenvalue weighted by molar-refractivity contribution is 9.09. The number of ether oxygens (including phenoxy) is 1. The number of carbonyl (C=O) groups excluding carboxylic acids is 1. The monoisotopic (exact) mass is 263 g/mol. The molecular weight excluding hydrogens is 246 g/mol. The molecule has 1 amide bonds. The fourth-order valence-corrected chi connectivity index (χ4v) is 2.03. The van der Waals surface area contributed by atoms with Crippen molar-refractivity contribution in [2.45, 2.75) is 32.4 Å². The first kappa shape index (κ1) is 12.0. The zero-order chi connectivity index (χ0) is 10.7. The lowest BCUT2D eigenvalue weighted by Crippen LogP contribution is -2.40. The van der Waals surface area contributed by atoms with Crippen LogP contribution in [0.15, 0.2) is 0 Å². The van der Waals surface area contributed by atoms with E-state index in [2.05, 4.69) is 15.9 Å². The first-order valence-corrected chi connectivity index (χ1v) is 6.12. The van der Waals surface area contributed by atoms with E-state index >= 15 is 0 Å². The molecule has 4 heteroatoms. The first-order valence-electron chi connectivity index (χ1n) is 5.00. The maximum absolute atomic E-state index is 11.9. The van der Waals surface area contributed by atoms with Crippen LogP contribution in [0.1, 0.15) is 20.3 Å². The predicted octanol–water partition coefficient (Wildman–Crippen LogP) is 1.65. The van der Waals surface area contributed by atoms with Gasteiger partial charge in [-0.2, -0.15) is 0 Å². The van der Waals surface area contributed by atoms with Gasteiger partial charge >= 0.3 is 0 Å². The van der Waals surface area contributed by atoms with E-state index in [0.717, 1.165) is 11.8 Å². The number of hydrogen-bond donors (Lipinski definition) is 0. The van der Waals surface area contributed by atoms with Gasteiger partial charge < -0.3 is 9.64 Å². The zero-order valence-corrected chi connectivity index (χ0v) is 10.6. The fraction of sp³-hybridized carbons (Fsp3) is 0.900. The molecule has 1 saturated heterocycles. The van der Waals surface area contributed by atoms with Crippen molar-refractivity contribution < 1.29 is 9.53 Å².